The van der Waals surface area contributed by atoms with Crippen molar-refractivity contribution in [2.24, 2.45) is 5.92 Å². The van der Waals surface area contributed by atoms with Crippen molar-refractivity contribution < 1.29 is 18.7 Å². The molecule has 1 aromatic carbocycles. The Morgan fingerprint density at radius 3 is 2.77 bits per heavy atom. The van der Waals surface area contributed by atoms with Crippen LogP contribution in [0.5, 0.6) is 0 Å². The van der Waals surface area contributed by atoms with Gasteiger partial charge in [-0.25, -0.2) is 4.39 Å². The summed E-state index contributed by atoms with van der Waals surface area (Å²) in [5, 5.41) is -0.0424. The molecule has 1 unspecified atom stereocenters. The van der Waals surface area contributed by atoms with E-state index < -0.39 is 11.7 Å². The molecule has 1 saturated heterocycles. The van der Waals surface area contributed by atoms with Crippen molar-refractivity contribution in [2.75, 3.05) is 19.7 Å². The van der Waals surface area contributed by atoms with Gasteiger partial charge in [-0.3, -0.25) is 9.59 Å². The number of benzene rings is 1. The van der Waals surface area contributed by atoms with Crippen LogP contribution < -0.4 is 0 Å². The number of nitrogens with zero attached hydrogens (tertiary/aromatic N) is 1. The molecule has 0 aliphatic carbocycles. The fourth-order valence-electron chi connectivity index (χ4n) is 2.47. The van der Waals surface area contributed by atoms with Crippen molar-refractivity contribution in [3.63, 3.8) is 0 Å². The molecule has 0 saturated carbocycles. The van der Waals surface area contributed by atoms with Gasteiger partial charge in [0, 0.05) is 13.1 Å². The molecular formula is C15H16Cl2FNO3. The first-order valence-electron chi connectivity index (χ1n) is 7.04. The van der Waals surface area contributed by atoms with Gasteiger partial charge in [0.1, 0.15) is 5.82 Å². The maximum Gasteiger partial charge on any atom is 0.310 e. The molecule has 0 radical (unpaired) electrons. The SMILES string of the molecule is CCOC(=O)C1CCCN(C(=O)c2cc(F)c(Cl)cc2Cl)C1. The van der Waals surface area contributed by atoms with E-state index in [4.69, 9.17) is 27.9 Å². The Morgan fingerprint density at radius 1 is 1.36 bits per heavy atom. The van der Waals surface area contributed by atoms with Crippen LogP contribution in [0.15, 0.2) is 12.1 Å². The molecule has 0 aromatic heterocycles. The second kappa shape index (κ2) is 7.29. The number of piperidine rings is 1. The molecule has 1 fully saturated rings. The van der Waals surface area contributed by atoms with Crippen LogP contribution in [0.2, 0.25) is 10.0 Å². The minimum absolute atomic E-state index is 0.0491. The first-order valence-corrected chi connectivity index (χ1v) is 7.80. The standard InChI is InChI=1S/C15H16Cl2FNO3/c1-2-22-15(21)9-4-3-5-19(8-9)14(20)10-6-13(18)12(17)7-11(10)16/h6-7,9H,2-5,8H2,1H3. The number of hydrogen-bond acceptors (Lipinski definition) is 3. The number of carbonyl (C=O) groups is 2. The van der Waals surface area contributed by atoms with Crippen LogP contribution >= 0.6 is 23.2 Å². The van der Waals surface area contributed by atoms with Crippen LogP contribution in [-0.2, 0) is 9.53 Å². The molecule has 1 aliphatic heterocycles. The third kappa shape index (κ3) is 3.70. The molecule has 0 N–H and O–H groups in total. The predicted molar refractivity (Wildman–Crippen MR) is 81.7 cm³/mol. The molecule has 22 heavy (non-hydrogen) atoms. The number of rotatable bonds is 3. The van der Waals surface area contributed by atoms with Crippen molar-refractivity contribution >= 4 is 35.1 Å². The molecule has 4 nitrogen and oxygen atoms in total. The summed E-state index contributed by atoms with van der Waals surface area (Å²) in [7, 11) is 0. The summed E-state index contributed by atoms with van der Waals surface area (Å²) < 4.78 is 18.5. The number of amides is 1. The highest BCUT2D eigenvalue weighted by atomic mass is 35.5. The van der Waals surface area contributed by atoms with Gasteiger partial charge in [-0.05, 0) is 31.9 Å². The van der Waals surface area contributed by atoms with Crippen LogP contribution in [0.4, 0.5) is 4.39 Å². The van der Waals surface area contributed by atoms with Gasteiger partial charge in [-0.2, -0.15) is 0 Å². The number of likely N-dealkylation sites (tertiary alicyclic amines) is 1. The highest BCUT2D eigenvalue weighted by Crippen LogP contribution is 2.27. The normalized spacial score (nSPS) is 18.2. The minimum atomic E-state index is -0.701. The third-order valence-electron chi connectivity index (χ3n) is 3.57. The van der Waals surface area contributed by atoms with Gasteiger partial charge in [0.2, 0.25) is 0 Å². The van der Waals surface area contributed by atoms with Crippen molar-refractivity contribution in [3.05, 3.63) is 33.6 Å². The van der Waals surface area contributed by atoms with E-state index in [0.29, 0.717) is 26.0 Å². The van der Waals surface area contributed by atoms with E-state index in [1.807, 2.05) is 0 Å². The number of hydrogen-bond donors (Lipinski definition) is 0. The van der Waals surface area contributed by atoms with Gasteiger partial charge < -0.3 is 9.64 Å². The topological polar surface area (TPSA) is 46.6 Å². The van der Waals surface area contributed by atoms with Gasteiger partial charge in [0.15, 0.2) is 0 Å². The molecule has 1 aromatic rings. The summed E-state index contributed by atoms with van der Waals surface area (Å²) >= 11 is 11.6. The Labute approximate surface area is 138 Å². The van der Waals surface area contributed by atoms with E-state index in [0.717, 1.165) is 6.07 Å². The van der Waals surface area contributed by atoms with E-state index in [9.17, 15) is 14.0 Å². The van der Waals surface area contributed by atoms with E-state index in [2.05, 4.69) is 0 Å². The van der Waals surface area contributed by atoms with Gasteiger partial charge in [-0.1, -0.05) is 23.2 Å². The number of esters is 1. The molecule has 2 rings (SSSR count). The first-order chi connectivity index (χ1) is 10.4. The van der Waals surface area contributed by atoms with E-state index in [1.165, 1.54) is 11.0 Å². The number of halogens is 3. The molecule has 1 heterocycles. The zero-order chi connectivity index (χ0) is 16.3. The molecule has 1 atom stereocenters. The van der Waals surface area contributed by atoms with Crippen molar-refractivity contribution in [2.45, 2.75) is 19.8 Å². The largest absolute Gasteiger partial charge is 0.466 e. The Balaban J connectivity index is 2.15. The summed E-state index contributed by atoms with van der Waals surface area (Å²) in [4.78, 5) is 25.8. The molecule has 1 aliphatic rings. The monoisotopic (exact) mass is 347 g/mol. The average Bonchev–Trinajstić information content (AvgIpc) is 2.50. The maximum atomic E-state index is 13.6. The van der Waals surface area contributed by atoms with E-state index in [-0.39, 0.29) is 34.0 Å². The number of ether oxygens (including phenoxy) is 1. The second-order valence-corrected chi connectivity index (χ2v) is 5.90. The molecule has 7 heteroatoms. The second-order valence-electron chi connectivity index (χ2n) is 5.09. The third-order valence-corrected chi connectivity index (χ3v) is 4.17. The molecule has 0 spiro atoms. The smallest absolute Gasteiger partial charge is 0.310 e. The van der Waals surface area contributed by atoms with Gasteiger partial charge >= 0.3 is 5.97 Å². The van der Waals surface area contributed by atoms with E-state index in [1.54, 1.807) is 6.92 Å². The van der Waals surface area contributed by atoms with Crippen molar-refractivity contribution in [1.82, 2.24) is 4.90 Å². The van der Waals surface area contributed by atoms with Crippen LogP contribution in [0.25, 0.3) is 0 Å². The Bertz CT molecular complexity index is 594. The van der Waals surface area contributed by atoms with Crippen LogP contribution in [0.3, 0.4) is 0 Å². The lowest BCUT2D eigenvalue weighted by atomic mass is 9.97. The van der Waals surface area contributed by atoms with Crippen molar-refractivity contribution in [1.29, 1.82) is 0 Å². The highest BCUT2D eigenvalue weighted by Gasteiger charge is 2.30. The lowest BCUT2D eigenvalue weighted by Crippen LogP contribution is -2.43. The Hall–Kier alpha value is -1.33. The van der Waals surface area contributed by atoms with Gasteiger partial charge in [0.05, 0.1) is 28.1 Å². The highest BCUT2D eigenvalue weighted by molar-refractivity contribution is 6.36. The summed E-state index contributed by atoms with van der Waals surface area (Å²) in [6.07, 6.45) is 1.36. The molecule has 0 bridgehead atoms. The van der Waals surface area contributed by atoms with E-state index >= 15 is 0 Å². The van der Waals surface area contributed by atoms with Crippen LogP contribution in [0.1, 0.15) is 30.1 Å². The first kappa shape index (κ1) is 17.0. The quantitative estimate of drug-likeness (QED) is 0.620. The van der Waals surface area contributed by atoms with Crippen molar-refractivity contribution in [3.8, 4) is 0 Å². The predicted octanol–water partition coefficient (Wildman–Crippen LogP) is 3.55. The van der Waals surface area contributed by atoms with Crippen LogP contribution in [0, 0.1) is 11.7 Å². The summed E-state index contributed by atoms with van der Waals surface area (Å²) in [6, 6.07) is 2.24. The fourth-order valence-corrected chi connectivity index (χ4v) is 2.93. The lowest BCUT2D eigenvalue weighted by Gasteiger charge is -2.31. The Kier molecular flexibility index (Phi) is 5.64. The van der Waals surface area contributed by atoms with Gasteiger partial charge in [0.25, 0.3) is 5.91 Å². The maximum absolute atomic E-state index is 13.6. The lowest BCUT2D eigenvalue weighted by molar-refractivity contribution is -0.149. The van der Waals surface area contributed by atoms with Gasteiger partial charge in [-0.15, -0.1) is 0 Å². The number of carbonyl (C=O) groups excluding carboxylic acids is 2. The summed E-state index contributed by atoms with van der Waals surface area (Å²) in [6.45, 7) is 2.78. The Morgan fingerprint density at radius 2 is 2.09 bits per heavy atom. The minimum Gasteiger partial charge on any atom is -0.466 e. The summed E-state index contributed by atoms with van der Waals surface area (Å²) in [5.41, 5.74) is 0.0491. The summed E-state index contributed by atoms with van der Waals surface area (Å²) in [5.74, 6) is -1.77. The molecular weight excluding hydrogens is 332 g/mol. The fraction of sp³-hybridized carbons (Fsp3) is 0.467. The average molecular weight is 348 g/mol. The zero-order valence-corrected chi connectivity index (χ0v) is 13.6. The molecule has 120 valence electrons. The zero-order valence-electron chi connectivity index (χ0n) is 12.1. The molecule has 1 amide bonds. The van der Waals surface area contributed by atoms with Crippen LogP contribution in [-0.4, -0.2) is 36.5 Å².